The van der Waals surface area contributed by atoms with Crippen LogP contribution in [0, 0.1) is 28.8 Å². The molecule has 1 aromatic carbocycles. The number of benzene rings is 1. The average Bonchev–Trinajstić information content (AvgIpc) is 3.46. The summed E-state index contributed by atoms with van der Waals surface area (Å²) in [6.45, 7) is 4.89. The van der Waals surface area contributed by atoms with Crippen LogP contribution in [-0.2, 0) is 4.79 Å². The van der Waals surface area contributed by atoms with E-state index in [2.05, 4.69) is 5.32 Å². The van der Waals surface area contributed by atoms with Gasteiger partial charge in [0.05, 0.1) is 10.3 Å². The Balaban J connectivity index is 2.41. The summed E-state index contributed by atoms with van der Waals surface area (Å²) in [4.78, 5) is 47.2. The van der Waals surface area contributed by atoms with Gasteiger partial charge in [0.25, 0.3) is 0 Å². The number of pyridine rings is 1. The maximum absolute atomic E-state index is 15.0. The number of fused-ring (bicyclic) bond motifs is 1. The number of nitrogens with zero attached hydrogens (tertiary/aromatic N) is 2. The van der Waals surface area contributed by atoms with Crippen LogP contribution in [0.25, 0.3) is 10.9 Å². The highest BCUT2D eigenvalue weighted by molar-refractivity contribution is 6.00. The lowest BCUT2D eigenvalue weighted by atomic mass is 10.0. The number of halogens is 1. The van der Waals surface area contributed by atoms with Crippen LogP contribution in [-0.4, -0.2) is 37.7 Å². The van der Waals surface area contributed by atoms with Crippen LogP contribution in [0.5, 0.6) is 0 Å². The van der Waals surface area contributed by atoms with Gasteiger partial charge in [0.2, 0.25) is 5.43 Å². The first-order valence-electron chi connectivity index (χ1n) is 9.74. The standard InChI is InChI=1S/C20H22FN3O7/c1-8(2)6-13(19(26)27)22-15-12(21)7-11-16(17(15)24(30)31)23(10-4-5-10)9(3)14(18(11)25)20(28)29/h7-8,10,13,22H,4-6H2,1-3H3,(H,26,27)(H,28,29)/t13-/m0/s1. The molecule has 1 aliphatic carbocycles. The lowest BCUT2D eigenvalue weighted by Crippen LogP contribution is -2.32. The van der Waals surface area contributed by atoms with Gasteiger partial charge in [-0.1, -0.05) is 13.8 Å². The Bertz CT molecular complexity index is 1170. The molecule has 0 aliphatic heterocycles. The Kier molecular flexibility index (Phi) is 5.70. The van der Waals surface area contributed by atoms with Gasteiger partial charge in [-0.3, -0.25) is 14.9 Å². The molecule has 1 aliphatic rings. The third-order valence-corrected chi connectivity index (χ3v) is 5.29. The molecule has 0 unspecified atom stereocenters. The van der Waals surface area contributed by atoms with Gasteiger partial charge in [-0.25, -0.2) is 14.0 Å². The number of hydrogen-bond acceptors (Lipinski definition) is 6. The molecule has 31 heavy (non-hydrogen) atoms. The Labute approximate surface area is 175 Å². The summed E-state index contributed by atoms with van der Waals surface area (Å²) in [6, 6.07) is -0.832. The van der Waals surface area contributed by atoms with Crippen LogP contribution in [0.4, 0.5) is 15.8 Å². The van der Waals surface area contributed by atoms with Crippen LogP contribution in [0.15, 0.2) is 10.9 Å². The van der Waals surface area contributed by atoms with Gasteiger partial charge < -0.3 is 20.1 Å². The highest BCUT2D eigenvalue weighted by Gasteiger charge is 2.36. The number of nitro groups is 1. The van der Waals surface area contributed by atoms with Gasteiger partial charge in [0, 0.05) is 11.7 Å². The molecule has 11 heteroatoms. The van der Waals surface area contributed by atoms with Crippen molar-refractivity contribution in [1.82, 2.24) is 4.57 Å². The monoisotopic (exact) mass is 435 g/mol. The van der Waals surface area contributed by atoms with Crippen molar-refractivity contribution >= 4 is 34.2 Å². The number of aromatic carboxylic acids is 1. The summed E-state index contributed by atoms with van der Waals surface area (Å²) < 4.78 is 16.4. The van der Waals surface area contributed by atoms with E-state index in [0.717, 1.165) is 6.07 Å². The van der Waals surface area contributed by atoms with Crippen LogP contribution in [0.3, 0.4) is 0 Å². The summed E-state index contributed by atoms with van der Waals surface area (Å²) in [5.74, 6) is -4.11. The SMILES string of the molecule is Cc1c(C(=O)O)c(=O)c2cc(F)c(N[C@@H](CC(C)C)C(=O)O)c([N+](=O)[O-])c2n1C1CC1. The summed E-state index contributed by atoms with van der Waals surface area (Å²) in [6.07, 6.45) is 1.30. The van der Waals surface area contributed by atoms with Crippen LogP contribution in [0.1, 0.15) is 55.2 Å². The van der Waals surface area contributed by atoms with Gasteiger partial charge in [-0.2, -0.15) is 0 Å². The maximum Gasteiger partial charge on any atom is 0.341 e. The smallest absolute Gasteiger partial charge is 0.341 e. The number of aromatic nitrogens is 1. The van der Waals surface area contributed by atoms with Crippen LogP contribution < -0.4 is 10.7 Å². The fraction of sp³-hybridized carbons (Fsp3) is 0.450. The quantitative estimate of drug-likeness (QED) is 0.422. The van der Waals surface area contributed by atoms with Crippen LogP contribution >= 0.6 is 0 Å². The van der Waals surface area contributed by atoms with E-state index < -0.39 is 56.5 Å². The Morgan fingerprint density at radius 2 is 1.97 bits per heavy atom. The lowest BCUT2D eigenvalue weighted by Gasteiger charge is -2.21. The molecule has 3 N–H and O–H groups in total. The third kappa shape index (κ3) is 3.94. The maximum atomic E-state index is 15.0. The minimum absolute atomic E-state index is 0.0325. The lowest BCUT2D eigenvalue weighted by molar-refractivity contribution is -0.382. The number of carboxylic acid groups (broad SMARTS) is 2. The molecule has 1 saturated carbocycles. The van der Waals surface area contributed by atoms with E-state index in [1.807, 2.05) is 0 Å². The van der Waals surface area contributed by atoms with E-state index in [-0.39, 0.29) is 29.6 Å². The number of hydrogen-bond donors (Lipinski definition) is 3. The molecule has 0 amide bonds. The molecular weight excluding hydrogens is 413 g/mol. The molecule has 0 radical (unpaired) electrons. The average molecular weight is 435 g/mol. The number of anilines is 1. The predicted octanol–water partition coefficient (Wildman–Crippen LogP) is 3.30. The van der Waals surface area contributed by atoms with Crippen molar-refractivity contribution in [2.24, 2.45) is 5.92 Å². The minimum Gasteiger partial charge on any atom is -0.480 e. The highest BCUT2D eigenvalue weighted by Crippen LogP contribution is 2.43. The first kappa shape index (κ1) is 22.2. The normalized spacial score (nSPS) is 14.6. The molecule has 1 fully saturated rings. The molecular formula is C20H22FN3O7. The van der Waals surface area contributed by atoms with Gasteiger partial charge in [0.1, 0.15) is 17.1 Å². The summed E-state index contributed by atoms with van der Waals surface area (Å²) in [5, 5.41) is 33.0. The van der Waals surface area contributed by atoms with Crippen molar-refractivity contribution in [1.29, 1.82) is 0 Å². The van der Waals surface area contributed by atoms with Gasteiger partial charge in [-0.15, -0.1) is 0 Å². The zero-order valence-corrected chi connectivity index (χ0v) is 17.1. The predicted molar refractivity (Wildman–Crippen MR) is 109 cm³/mol. The van der Waals surface area contributed by atoms with Crippen molar-refractivity contribution in [2.45, 2.75) is 52.1 Å². The molecule has 10 nitrogen and oxygen atoms in total. The highest BCUT2D eigenvalue weighted by atomic mass is 19.1. The number of aliphatic carboxylic acids is 1. The second-order valence-electron chi connectivity index (χ2n) is 8.10. The summed E-state index contributed by atoms with van der Waals surface area (Å²) in [7, 11) is 0. The fourth-order valence-electron chi connectivity index (χ4n) is 3.85. The van der Waals surface area contributed by atoms with Crippen molar-refractivity contribution in [3.05, 3.63) is 43.5 Å². The third-order valence-electron chi connectivity index (χ3n) is 5.29. The second kappa shape index (κ2) is 7.97. The van der Waals surface area contributed by atoms with E-state index in [1.165, 1.54) is 11.5 Å². The fourth-order valence-corrected chi connectivity index (χ4v) is 3.85. The van der Waals surface area contributed by atoms with E-state index in [1.54, 1.807) is 13.8 Å². The number of nitro benzene ring substituents is 1. The Hall–Kier alpha value is -3.50. The van der Waals surface area contributed by atoms with Crippen molar-refractivity contribution in [2.75, 3.05) is 5.32 Å². The van der Waals surface area contributed by atoms with Crippen molar-refractivity contribution in [3.63, 3.8) is 0 Å². The minimum atomic E-state index is -1.51. The Morgan fingerprint density at radius 3 is 2.42 bits per heavy atom. The van der Waals surface area contributed by atoms with E-state index in [0.29, 0.717) is 12.8 Å². The molecule has 1 heterocycles. The number of nitrogens with one attached hydrogen (secondary N) is 1. The number of rotatable bonds is 8. The topological polar surface area (TPSA) is 152 Å². The van der Waals surface area contributed by atoms with Crippen molar-refractivity contribution in [3.8, 4) is 0 Å². The zero-order valence-electron chi connectivity index (χ0n) is 17.1. The van der Waals surface area contributed by atoms with Gasteiger partial charge in [0.15, 0.2) is 11.5 Å². The molecule has 1 atom stereocenters. The first-order valence-corrected chi connectivity index (χ1v) is 9.74. The van der Waals surface area contributed by atoms with E-state index >= 15 is 4.39 Å². The number of carboxylic acids is 2. The van der Waals surface area contributed by atoms with E-state index in [9.17, 15) is 34.7 Å². The van der Waals surface area contributed by atoms with Gasteiger partial charge >= 0.3 is 17.6 Å². The van der Waals surface area contributed by atoms with Crippen molar-refractivity contribution < 1.29 is 29.1 Å². The zero-order chi connectivity index (χ0) is 23.2. The molecule has 3 rings (SSSR count). The molecule has 2 aromatic rings. The molecule has 0 spiro atoms. The Morgan fingerprint density at radius 1 is 1.35 bits per heavy atom. The van der Waals surface area contributed by atoms with Crippen LogP contribution in [0.2, 0.25) is 0 Å². The summed E-state index contributed by atoms with van der Waals surface area (Å²) >= 11 is 0. The number of carbonyl (C=O) groups is 2. The molecule has 1 aromatic heterocycles. The largest absolute Gasteiger partial charge is 0.480 e. The molecule has 0 saturated heterocycles. The van der Waals surface area contributed by atoms with E-state index in [4.69, 9.17) is 0 Å². The molecule has 166 valence electrons. The first-order chi connectivity index (χ1) is 14.5. The second-order valence-corrected chi connectivity index (χ2v) is 8.10. The molecule has 0 bridgehead atoms. The van der Waals surface area contributed by atoms with Gasteiger partial charge in [-0.05, 0) is 38.2 Å². The summed E-state index contributed by atoms with van der Waals surface area (Å²) in [5.41, 5.74) is -3.20.